The minimum Gasteiger partial charge on any atom is -0.335 e. The van der Waals surface area contributed by atoms with Crippen molar-refractivity contribution in [1.29, 1.82) is 15.8 Å². The van der Waals surface area contributed by atoms with Crippen LogP contribution in [-0.4, -0.2) is 6.54 Å². The fourth-order valence-electron chi connectivity index (χ4n) is 3.54. The standard InChI is InChI=1S/C26H24N4S/c1-2-3-4-5-8-15-30-24-9-6-7-10-25(24)31-26(30)16-22(17-27)20-11-13-21(14-12-20)23(18-28)19-29/h6-7,9-14,16H,2-5,8,15H2,1H3/b26-16-. The topological polar surface area (TPSA) is 74.6 Å². The van der Waals surface area contributed by atoms with Gasteiger partial charge in [0, 0.05) is 16.7 Å². The largest absolute Gasteiger partial charge is 0.335 e. The summed E-state index contributed by atoms with van der Waals surface area (Å²) in [5, 5.41) is 30.3. The van der Waals surface area contributed by atoms with Crippen molar-refractivity contribution in [3.63, 3.8) is 0 Å². The molecule has 0 aliphatic carbocycles. The fraction of sp³-hybridized carbons (Fsp3) is 0.269. The van der Waals surface area contributed by atoms with Crippen LogP contribution in [0.1, 0.15) is 39.0 Å². The van der Waals surface area contributed by atoms with Crippen LogP contribution >= 0.6 is 11.8 Å². The fourth-order valence-corrected chi connectivity index (χ4v) is 4.67. The Balaban J connectivity index is 1.94. The Labute approximate surface area is 188 Å². The van der Waals surface area contributed by atoms with E-state index in [2.05, 4.69) is 36.1 Å². The number of unbranched alkanes of at least 4 members (excludes halogenated alkanes) is 4. The van der Waals surface area contributed by atoms with Crippen LogP contribution in [0.15, 0.2) is 64.5 Å². The Bertz CT molecular complexity index is 1180. The van der Waals surface area contributed by atoms with Crippen molar-refractivity contribution in [3.8, 4) is 18.2 Å². The lowest BCUT2D eigenvalue weighted by atomic mass is 10.1. The molecule has 0 saturated heterocycles. The number of fused-ring (bicyclic) bond motifs is 1. The van der Waals surface area contributed by atoms with Crippen molar-refractivity contribution >= 4 is 28.6 Å². The third-order valence-corrected chi connectivity index (χ3v) is 6.33. The van der Waals surface area contributed by atoms with E-state index in [-0.39, 0.29) is 5.57 Å². The van der Waals surface area contributed by atoms with Gasteiger partial charge in [-0.15, -0.1) is 0 Å². The van der Waals surface area contributed by atoms with Crippen LogP contribution < -0.4 is 15.3 Å². The molecule has 0 radical (unpaired) electrons. The number of benzene rings is 2. The molecule has 154 valence electrons. The van der Waals surface area contributed by atoms with Crippen molar-refractivity contribution in [2.75, 3.05) is 11.4 Å². The Morgan fingerprint density at radius 1 is 0.871 bits per heavy atom. The van der Waals surface area contributed by atoms with Crippen LogP contribution in [0.4, 0.5) is 5.69 Å². The van der Waals surface area contributed by atoms with Gasteiger partial charge in [-0.3, -0.25) is 0 Å². The molecule has 0 aromatic heterocycles. The lowest BCUT2D eigenvalue weighted by Crippen LogP contribution is -2.19. The number of para-hydroxylation sites is 1. The first-order valence-electron chi connectivity index (χ1n) is 10.5. The number of thioether (sulfide) groups is 1. The van der Waals surface area contributed by atoms with Crippen LogP contribution in [0.3, 0.4) is 0 Å². The summed E-state index contributed by atoms with van der Waals surface area (Å²) >= 11 is 1.69. The quantitative estimate of drug-likeness (QED) is 0.586. The van der Waals surface area contributed by atoms with Crippen LogP contribution in [0.5, 0.6) is 0 Å². The lowest BCUT2D eigenvalue weighted by molar-refractivity contribution is 0.632. The van der Waals surface area contributed by atoms with Gasteiger partial charge in [0.2, 0.25) is 0 Å². The summed E-state index contributed by atoms with van der Waals surface area (Å²) in [6.45, 7) is 3.15. The molecule has 3 rings (SSSR count). The lowest BCUT2D eigenvalue weighted by Gasteiger charge is -2.20. The molecule has 2 aromatic rings. The van der Waals surface area contributed by atoms with E-state index in [4.69, 9.17) is 10.5 Å². The van der Waals surface area contributed by atoms with Crippen molar-refractivity contribution in [1.82, 2.24) is 0 Å². The van der Waals surface area contributed by atoms with Crippen LogP contribution in [-0.2, 0) is 0 Å². The molecule has 5 heteroatoms. The molecule has 0 fully saturated rings. The number of nitrogens with zero attached hydrogens (tertiary/aromatic N) is 4. The maximum atomic E-state index is 9.82. The van der Waals surface area contributed by atoms with Gasteiger partial charge in [0.15, 0.2) is 0 Å². The van der Waals surface area contributed by atoms with Crippen molar-refractivity contribution in [2.24, 2.45) is 0 Å². The molecule has 4 nitrogen and oxygen atoms in total. The van der Waals surface area contributed by atoms with Gasteiger partial charge in [-0.2, -0.15) is 15.8 Å². The minimum atomic E-state index is 0.0689. The second-order valence-corrected chi connectivity index (χ2v) is 8.38. The average Bonchev–Trinajstić information content (AvgIpc) is 3.16. The Morgan fingerprint density at radius 2 is 1.55 bits per heavy atom. The summed E-state index contributed by atoms with van der Waals surface area (Å²) in [5.74, 6) is 0. The van der Waals surface area contributed by atoms with E-state index in [1.54, 1.807) is 36.0 Å². The van der Waals surface area contributed by atoms with E-state index < -0.39 is 0 Å². The van der Waals surface area contributed by atoms with Gasteiger partial charge < -0.3 is 4.90 Å². The zero-order chi connectivity index (χ0) is 22.1. The minimum absolute atomic E-state index is 0.0689. The van der Waals surface area contributed by atoms with Crippen molar-refractivity contribution in [3.05, 3.63) is 70.1 Å². The van der Waals surface area contributed by atoms with Gasteiger partial charge in [0.1, 0.15) is 17.7 Å². The highest BCUT2D eigenvalue weighted by Gasteiger charge is 2.24. The first kappa shape index (κ1) is 22.2. The number of nitriles is 3. The number of anilines is 1. The number of hydrogen-bond donors (Lipinski definition) is 0. The van der Waals surface area contributed by atoms with Crippen LogP contribution in [0.25, 0.3) is 11.1 Å². The van der Waals surface area contributed by atoms with E-state index >= 15 is 0 Å². The second-order valence-electron chi connectivity index (χ2n) is 7.32. The third kappa shape index (κ3) is 5.37. The van der Waals surface area contributed by atoms with E-state index in [1.165, 1.54) is 36.3 Å². The Kier molecular flexibility index (Phi) is 7.94. The van der Waals surface area contributed by atoms with E-state index in [0.717, 1.165) is 23.2 Å². The molecular formula is C26H24N4S. The molecule has 31 heavy (non-hydrogen) atoms. The maximum Gasteiger partial charge on any atom is 0.136 e. The summed E-state index contributed by atoms with van der Waals surface area (Å²) < 4.78 is 0. The van der Waals surface area contributed by atoms with Gasteiger partial charge in [0.05, 0.1) is 22.4 Å². The van der Waals surface area contributed by atoms with Crippen LogP contribution in [0, 0.1) is 34.0 Å². The van der Waals surface area contributed by atoms with Crippen LogP contribution in [0.2, 0.25) is 0 Å². The summed E-state index contributed by atoms with van der Waals surface area (Å²) in [7, 11) is 0. The predicted octanol–water partition coefficient (Wildman–Crippen LogP) is 4.98. The summed E-state index contributed by atoms with van der Waals surface area (Å²) in [4.78, 5) is 3.52. The molecule has 1 heterocycles. The summed E-state index contributed by atoms with van der Waals surface area (Å²) in [6.07, 6.45) is 8.03. The molecule has 0 bridgehead atoms. The summed E-state index contributed by atoms with van der Waals surface area (Å²) in [6, 6.07) is 21.5. The Hall–Kier alpha value is -3.46. The number of allylic oxidation sites excluding steroid dienone is 1. The highest BCUT2D eigenvalue weighted by atomic mass is 32.2. The maximum absolute atomic E-state index is 9.82. The summed E-state index contributed by atoms with van der Waals surface area (Å²) in [5.41, 5.74) is 1.83. The predicted molar refractivity (Wildman–Crippen MR) is 126 cm³/mol. The SMILES string of the molecule is CCCCCCCN1/C(=C/C(C#N)=c2ccc(=C(C#N)C#N)cc2)Sc2ccccc21. The second kappa shape index (κ2) is 11.1. The molecule has 0 N–H and O–H groups in total. The molecule has 0 unspecified atom stereocenters. The van der Waals surface area contributed by atoms with E-state index in [1.807, 2.05) is 24.3 Å². The van der Waals surface area contributed by atoms with Gasteiger partial charge in [-0.05, 0) is 29.8 Å². The van der Waals surface area contributed by atoms with Gasteiger partial charge in [0.25, 0.3) is 0 Å². The molecule has 1 aliphatic heterocycles. The van der Waals surface area contributed by atoms with E-state index in [0.29, 0.717) is 10.8 Å². The normalized spacial score (nSPS) is 13.2. The number of rotatable bonds is 7. The highest BCUT2D eigenvalue weighted by Crippen LogP contribution is 2.46. The molecule has 0 saturated carbocycles. The molecule has 1 aliphatic rings. The monoisotopic (exact) mass is 424 g/mol. The molecular weight excluding hydrogens is 400 g/mol. The number of hydrogen-bond acceptors (Lipinski definition) is 5. The zero-order valence-electron chi connectivity index (χ0n) is 17.6. The zero-order valence-corrected chi connectivity index (χ0v) is 18.5. The third-order valence-electron chi connectivity index (χ3n) is 5.22. The molecule has 0 atom stereocenters. The average molecular weight is 425 g/mol. The van der Waals surface area contributed by atoms with Crippen molar-refractivity contribution in [2.45, 2.75) is 43.9 Å². The van der Waals surface area contributed by atoms with E-state index in [9.17, 15) is 5.26 Å². The molecule has 0 spiro atoms. The molecule has 2 aromatic carbocycles. The highest BCUT2D eigenvalue weighted by molar-refractivity contribution is 8.03. The first-order chi connectivity index (χ1) is 15.2. The first-order valence-corrected chi connectivity index (χ1v) is 11.3. The smallest absolute Gasteiger partial charge is 0.136 e. The Morgan fingerprint density at radius 3 is 2.23 bits per heavy atom. The molecule has 0 amide bonds. The van der Waals surface area contributed by atoms with Gasteiger partial charge >= 0.3 is 0 Å². The van der Waals surface area contributed by atoms with Gasteiger partial charge in [-0.25, -0.2) is 0 Å². The van der Waals surface area contributed by atoms with Crippen molar-refractivity contribution < 1.29 is 0 Å². The van der Waals surface area contributed by atoms with Gasteiger partial charge in [-0.1, -0.05) is 80.8 Å².